The monoisotopic (exact) mass is 385 g/mol. The first-order valence-electron chi connectivity index (χ1n) is 7.97. The number of para-hydroxylation sites is 1. The van der Waals surface area contributed by atoms with E-state index in [4.69, 9.17) is 28.6 Å². The Kier molecular flexibility index (Phi) is 5.65. The van der Waals surface area contributed by atoms with Gasteiger partial charge in [-0.15, -0.1) is 0 Å². The number of benzene rings is 2. The van der Waals surface area contributed by atoms with Crippen LogP contribution in [0.3, 0.4) is 0 Å². The van der Waals surface area contributed by atoms with Gasteiger partial charge in [0.25, 0.3) is 5.91 Å². The fourth-order valence-electron chi connectivity index (χ4n) is 2.45. The number of nitrogens with one attached hydrogen (secondary N) is 2. The van der Waals surface area contributed by atoms with Gasteiger partial charge in [-0.3, -0.25) is 15.1 Å². The molecule has 2 aromatic carbocycles. The van der Waals surface area contributed by atoms with Gasteiger partial charge >= 0.3 is 0 Å². The molecule has 2 N–H and O–H groups in total. The van der Waals surface area contributed by atoms with Crippen molar-refractivity contribution in [1.29, 1.82) is 0 Å². The van der Waals surface area contributed by atoms with Gasteiger partial charge in [0.05, 0.1) is 22.8 Å². The van der Waals surface area contributed by atoms with Gasteiger partial charge in [0.1, 0.15) is 5.75 Å². The molecule has 1 heterocycles. The zero-order valence-corrected chi connectivity index (χ0v) is 15.5. The molecule has 0 atom stereocenters. The second-order valence-electron chi connectivity index (χ2n) is 5.37. The molecule has 3 rings (SSSR count). The van der Waals surface area contributed by atoms with Crippen LogP contribution in [-0.2, 0) is 0 Å². The van der Waals surface area contributed by atoms with Crippen LogP contribution in [-0.4, -0.2) is 22.6 Å². The van der Waals surface area contributed by atoms with Crippen LogP contribution in [0.15, 0.2) is 54.7 Å². The highest BCUT2D eigenvalue weighted by Gasteiger charge is 2.12. The van der Waals surface area contributed by atoms with E-state index in [9.17, 15) is 4.79 Å². The first-order chi connectivity index (χ1) is 12.6. The van der Waals surface area contributed by atoms with Crippen molar-refractivity contribution in [3.8, 4) is 5.75 Å². The third-order valence-electron chi connectivity index (χ3n) is 3.60. The third-order valence-corrected chi connectivity index (χ3v) is 4.10. The van der Waals surface area contributed by atoms with Crippen molar-refractivity contribution in [2.45, 2.75) is 6.92 Å². The summed E-state index contributed by atoms with van der Waals surface area (Å²) in [5.74, 6) is 0.175. The van der Waals surface area contributed by atoms with Gasteiger partial charge in [0.15, 0.2) is 5.11 Å². The molecule has 7 heteroatoms. The van der Waals surface area contributed by atoms with E-state index in [2.05, 4.69) is 15.6 Å². The molecule has 0 spiro atoms. The highest BCUT2D eigenvalue weighted by molar-refractivity contribution is 7.80. The normalized spacial score (nSPS) is 10.4. The van der Waals surface area contributed by atoms with Crippen molar-refractivity contribution in [2.24, 2.45) is 0 Å². The number of thiocarbonyl (C=S) groups is 1. The molecule has 0 radical (unpaired) electrons. The number of pyridine rings is 1. The van der Waals surface area contributed by atoms with Gasteiger partial charge in [-0.25, -0.2) is 0 Å². The standard InChI is InChI=1S/C19H16ClN3O2S/c1-2-25-16-9-8-13(11-14(16)20)18(24)23-19(26)22-15-7-3-5-12-6-4-10-21-17(12)15/h3-11H,2H2,1H3,(H2,22,23,24,26). The maximum Gasteiger partial charge on any atom is 0.257 e. The minimum Gasteiger partial charge on any atom is -0.492 e. The van der Waals surface area contributed by atoms with Crippen LogP contribution in [0, 0.1) is 0 Å². The van der Waals surface area contributed by atoms with Crippen molar-refractivity contribution in [3.05, 3.63) is 65.3 Å². The highest BCUT2D eigenvalue weighted by Crippen LogP contribution is 2.25. The van der Waals surface area contributed by atoms with E-state index in [1.54, 1.807) is 24.4 Å². The second kappa shape index (κ2) is 8.12. The first-order valence-corrected chi connectivity index (χ1v) is 8.75. The average molecular weight is 386 g/mol. The van der Waals surface area contributed by atoms with Crippen LogP contribution >= 0.6 is 23.8 Å². The number of carbonyl (C=O) groups is 1. The van der Waals surface area contributed by atoms with Crippen LogP contribution in [0.4, 0.5) is 5.69 Å². The Morgan fingerprint density at radius 2 is 2.04 bits per heavy atom. The van der Waals surface area contributed by atoms with E-state index in [1.807, 2.05) is 37.3 Å². The largest absolute Gasteiger partial charge is 0.492 e. The fourth-order valence-corrected chi connectivity index (χ4v) is 2.89. The number of amides is 1. The molecule has 0 saturated heterocycles. The lowest BCUT2D eigenvalue weighted by Gasteiger charge is -2.12. The number of halogens is 1. The lowest BCUT2D eigenvalue weighted by molar-refractivity contribution is 0.0977. The van der Waals surface area contributed by atoms with E-state index in [0.717, 1.165) is 16.6 Å². The number of ether oxygens (including phenoxy) is 1. The van der Waals surface area contributed by atoms with Gasteiger partial charge in [-0.05, 0) is 49.5 Å². The van der Waals surface area contributed by atoms with E-state index >= 15 is 0 Å². The Morgan fingerprint density at radius 3 is 2.81 bits per heavy atom. The molecule has 5 nitrogen and oxygen atoms in total. The van der Waals surface area contributed by atoms with Crippen LogP contribution in [0.2, 0.25) is 5.02 Å². The quantitative estimate of drug-likeness (QED) is 0.651. The zero-order valence-electron chi connectivity index (χ0n) is 14.0. The Balaban J connectivity index is 1.71. The number of nitrogens with zero attached hydrogens (tertiary/aromatic N) is 1. The molecule has 0 aliphatic heterocycles. The summed E-state index contributed by atoms with van der Waals surface area (Å²) >= 11 is 11.4. The Morgan fingerprint density at radius 1 is 1.23 bits per heavy atom. The predicted octanol–water partition coefficient (Wildman–Crippen LogP) is 4.41. The van der Waals surface area contributed by atoms with Crippen molar-refractivity contribution >= 4 is 51.4 Å². The summed E-state index contributed by atoms with van der Waals surface area (Å²) in [6, 6.07) is 14.4. The number of hydrogen-bond donors (Lipinski definition) is 2. The molecule has 0 aliphatic carbocycles. The SMILES string of the molecule is CCOc1ccc(C(=O)NC(=S)Nc2cccc3cccnc23)cc1Cl. The molecule has 1 amide bonds. The van der Waals surface area contributed by atoms with E-state index in [0.29, 0.717) is 22.9 Å². The van der Waals surface area contributed by atoms with Crippen molar-refractivity contribution in [2.75, 3.05) is 11.9 Å². The number of aromatic nitrogens is 1. The molecule has 0 unspecified atom stereocenters. The Hall–Kier alpha value is -2.70. The number of anilines is 1. The number of fused-ring (bicyclic) bond motifs is 1. The average Bonchev–Trinajstić information content (AvgIpc) is 2.63. The summed E-state index contributed by atoms with van der Waals surface area (Å²) in [4.78, 5) is 16.7. The second-order valence-corrected chi connectivity index (χ2v) is 6.18. The van der Waals surface area contributed by atoms with Gasteiger partial charge in [-0.1, -0.05) is 29.8 Å². The van der Waals surface area contributed by atoms with Crippen molar-refractivity contribution in [3.63, 3.8) is 0 Å². The summed E-state index contributed by atoms with van der Waals surface area (Å²) in [5, 5.41) is 7.18. The number of hydrogen-bond acceptors (Lipinski definition) is 4. The highest BCUT2D eigenvalue weighted by atomic mass is 35.5. The van der Waals surface area contributed by atoms with E-state index < -0.39 is 0 Å². The summed E-state index contributed by atoms with van der Waals surface area (Å²) < 4.78 is 5.36. The fraction of sp³-hybridized carbons (Fsp3) is 0.105. The van der Waals surface area contributed by atoms with Gasteiger partial charge < -0.3 is 10.1 Å². The zero-order chi connectivity index (χ0) is 18.5. The topological polar surface area (TPSA) is 63.2 Å². The van der Waals surface area contributed by atoms with Crippen LogP contribution in [0.25, 0.3) is 10.9 Å². The molecule has 132 valence electrons. The lowest BCUT2D eigenvalue weighted by Crippen LogP contribution is -2.34. The van der Waals surface area contributed by atoms with Gasteiger partial charge in [0.2, 0.25) is 0 Å². The maximum absolute atomic E-state index is 12.4. The molecular formula is C19H16ClN3O2S. The van der Waals surface area contributed by atoms with Crippen molar-refractivity contribution < 1.29 is 9.53 Å². The minimum absolute atomic E-state index is 0.179. The Labute approximate surface area is 161 Å². The minimum atomic E-state index is -0.361. The maximum atomic E-state index is 12.4. The summed E-state index contributed by atoms with van der Waals surface area (Å²) in [5.41, 5.74) is 1.88. The third kappa shape index (κ3) is 4.09. The molecule has 0 bridgehead atoms. The summed E-state index contributed by atoms with van der Waals surface area (Å²) in [6.45, 7) is 2.36. The van der Waals surface area contributed by atoms with Gasteiger partial charge in [0, 0.05) is 17.1 Å². The summed E-state index contributed by atoms with van der Waals surface area (Å²) in [6.07, 6.45) is 1.71. The van der Waals surface area contributed by atoms with Crippen molar-refractivity contribution in [1.82, 2.24) is 10.3 Å². The molecule has 26 heavy (non-hydrogen) atoms. The first kappa shape index (κ1) is 18.1. The lowest BCUT2D eigenvalue weighted by atomic mass is 10.2. The summed E-state index contributed by atoms with van der Waals surface area (Å²) in [7, 11) is 0. The smallest absolute Gasteiger partial charge is 0.257 e. The molecule has 3 aromatic rings. The molecule has 0 aliphatic rings. The van der Waals surface area contributed by atoms with Gasteiger partial charge in [-0.2, -0.15) is 0 Å². The molecule has 0 fully saturated rings. The predicted molar refractivity (Wildman–Crippen MR) is 108 cm³/mol. The molecular weight excluding hydrogens is 370 g/mol. The Bertz CT molecular complexity index is 973. The van der Waals surface area contributed by atoms with Crippen LogP contribution < -0.4 is 15.4 Å². The van der Waals surface area contributed by atoms with Crippen LogP contribution in [0.5, 0.6) is 5.75 Å². The van der Waals surface area contributed by atoms with E-state index in [-0.39, 0.29) is 11.0 Å². The number of rotatable bonds is 4. The van der Waals surface area contributed by atoms with Crippen LogP contribution in [0.1, 0.15) is 17.3 Å². The molecule has 0 saturated carbocycles. The van der Waals surface area contributed by atoms with E-state index in [1.165, 1.54) is 0 Å². The molecule has 1 aromatic heterocycles. The number of carbonyl (C=O) groups excluding carboxylic acids is 1.